The van der Waals surface area contributed by atoms with Gasteiger partial charge in [0.2, 0.25) is 0 Å². The Kier molecular flexibility index (Phi) is 3.29. The Bertz CT molecular complexity index is 715. The minimum absolute atomic E-state index is 0.263. The van der Waals surface area contributed by atoms with E-state index in [0.717, 1.165) is 22.6 Å². The first-order chi connectivity index (χ1) is 9.81. The average molecular weight is 263 g/mol. The van der Waals surface area contributed by atoms with Crippen molar-refractivity contribution in [2.24, 2.45) is 0 Å². The molecule has 2 heterocycles. The molecule has 3 rings (SSSR count). The Morgan fingerprint density at radius 3 is 2.60 bits per heavy atom. The molecule has 0 aliphatic rings. The van der Waals surface area contributed by atoms with Gasteiger partial charge in [0.05, 0.1) is 17.1 Å². The van der Waals surface area contributed by atoms with Crippen LogP contribution in [0.2, 0.25) is 0 Å². The quantitative estimate of drug-likeness (QED) is 0.761. The van der Waals surface area contributed by atoms with Crippen molar-refractivity contribution in [2.45, 2.75) is 0 Å². The van der Waals surface area contributed by atoms with Crippen LogP contribution in [0.5, 0.6) is 5.75 Å². The lowest BCUT2D eigenvalue weighted by Gasteiger charge is -1.93. The summed E-state index contributed by atoms with van der Waals surface area (Å²) >= 11 is 0. The van der Waals surface area contributed by atoms with Crippen LogP contribution in [0.15, 0.2) is 54.7 Å². The normalized spacial score (nSPS) is 11.0. The number of aromatic hydroxyl groups is 1. The number of hydrogen-bond acceptors (Lipinski definition) is 3. The SMILES string of the molecule is Oc1ccc(/C=C/c2cc(-c3ccccn3)[nH]n2)cc1. The van der Waals surface area contributed by atoms with Crippen LogP contribution in [-0.4, -0.2) is 20.3 Å². The summed E-state index contributed by atoms with van der Waals surface area (Å²) in [6.07, 6.45) is 5.61. The van der Waals surface area contributed by atoms with Crippen molar-refractivity contribution in [3.8, 4) is 17.1 Å². The van der Waals surface area contributed by atoms with Gasteiger partial charge in [-0.3, -0.25) is 10.1 Å². The molecule has 3 aromatic rings. The van der Waals surface area contributed by atoms with E-state index in [4.69, 9.17) is 0 Å². The average Bonchev–Trinajstić information content (AvgIpc) is 2.97. The third kappa shape index (κ3) is 2.75. The van der Waals surface area contributed by atoms with E-state index in [2.05, 4.69) is 15.2 Å². The van der Waals surface area contributed by atoms with Gasteiger partial charge in [0.1, 0.15) is 5.75 Å². The zero-order valence-electron chi connectivity index (χ0n) is 10.7. The minimum atomic E-state index is 0.263. The minimum Gasteiger partial charge on any atom is -0.508 e. The number of pyridine rings is 1. The summed E-state index contributed by atoms with van der Waals surface area (Å²) in [5, 5.41) is 16.4. The number of hydrogen-bond donors (Lipinski definition) is 2. The largest absolute Gasteiger partial charge is 0.508 e. The highest BCUT2D eigenvalue weighted by Crippen LogP contribution is 2.16. The van der Waals surface area contributed by atoms with E-state index in [-0.39, 0.29) is 5.75 Å². The maximum atomic E-state index is 9.22. The Morgan fingerprint density at radius 1 is 1.00 bits per heavy atom. The number of rotatable bonds is 3. The van der Waals surface area contributed by atoms with E-state index in [1.165, 1.54) is 0 Å². The lowest BCUT2D eigenvalue weighted by Crippen LogP contribution is -1.80. The highest BCUT2D eigenvalue weighted by molar-refractivity contribution is 5.70. The van der Waals surface area contributed by atoms with E-state index < -0.39 is 0 Å². The molecule has 0 aliphatic heterocycles. The monoisotopic (exact) mass is 263 g/mol. The number of phenolic OH excluding ortho intramolecular Hbond substituents is 1. The Hall–Kier alpha value is -2.88. The number of H-pyrrole nitrogens is 1. The van der Waals surface area contributed by atoms with E-state index in [0.29, 0.717) is 0 Å². The number of benzene rings is 1. The highest BCUT2D eigenvalue weighted by Gasteiger charge is 2.01. The fourth-order valence-corrected chi connectivity index (χ4v) is 1.84. The van der Waals surface area contributed by atoms with Gasteiger partial charge in [-0.15, -0.1) is 0 Å². The first-order valence-corrected chi connectivity index (χ1v) is 6.25. The summed E-state index contributed by atoms with van der Waals surface area (Å²) in [7, 11) is 0. The smallest absolute Gasteiger partial charge is 0.115 e. The van der Waals surface area contributed by atoms with Crippen LogP contribution in [0.25, 0.3) is 23.5 Å². The molecular formula is C16H13N3O. The van der Waals surface area contributed by atoms with E-state index in [9.17, 15) is 5.11 Å². The maximum Gasteiger partial charge on any atom is 0.115 e. The predicted octanol–water partition coefficient (Wildman–Crippen LogP) is 3.35. The second-order valence-corrected chi connectivity index (χ2v) is 4.35. The van der Waals surface area contributed by atoms with Gasteiger partial charge in [-0.05, 0) is 42.0 Å². The zero-order valence-corrected chi connectivity index (χ0v) is 10.7. The Morgan fingerprint density at radius 2 is 1.85 bits per heavy atom. The van der Waals surface area contributed by atoms with Gasteiger partial charge >= 0.3 is 0 Å². The predicted molar refractivity (Wildman–Crippen MR) is 78.9 cm³/mol. The number of phenols is 1. The number of aromatic amines is 1. The van der Waals surface area contributed by atoms with Gasteiger partial charge in [-0.1, -0.05) is 24.3 Å². The standard InChI is InChI=1S/C16H13N3O/c20-14-8-5-12(6-9-14)4-7-13-11-16(19-18-13)15-3-1-2-10-17-15/h1-11,20H,(H,18,19)/b7-4+. The third-order valence-corrected chi connectivity index (χ3v) is 2.88. The molecule has 0 atom stereocenters. The van der Waals surface area contributed by atoms with Crippen molar-refractivity contribution in [3.05, 3.63) is 66.0 Å². The topological polar surface area (TPSA) is 61.8 Å². The first-order valence-electron chi connectivity index (χ1n) is 6.25. The molecule has 1 aromatic carbocycles. The number of nitrogens with one attached hydrogen (secondary N) is 1. The molecule has 2 N–H and O–H groups in total. The van der Waals surface area contributed by atoms with Gasteiger partial charge in [0.25, 0.3) is 0 Å². The molecule has 4 heteroatoms. The maximum absolute atomic E-state index is 9.22. The lowest BCUT2D eigenvalue weighted by atomic mass is 10.2. The number of nitrogens with zero attached hydrogens (tertiary/aromatic N) is 2. The van der Waals surface area contributed by atoms with Crippen molar-refractivity contribution >= 4 is 12.2 Å². The van der Waals surface area contributed by atoms with E-state index in [1.54, 1.807) is 18.3 Å². The van der Waals surface area contributed by atoms with Crippen molar-refractivity contribution in [1.29, 1.82) is 0 Å². The molecule has 0 fully saturated rings. The molecule has 0 spiro atoms. The molecule has 0 bridgehead atoms. The van der Waals surface area contributed by atoms with Crippen molar-refractivity contribution in [2.75, 3.05) is 0 Å². The van der Waals surface area contributed by atoms with Crippen molar-refractivity contribution < 1.29 is 5.11 Å². The van der Waals surface area contributed by atoms with Gasteiger partial charge in [-0.25, -0.2) is 0 Å². The Balaban J connectivity index is 1.79. The lowest BCUT2D eigenvalue weighted by molar-refractivity contribution is 0.475. The van der Waals surface area contributed by atoms with Gasteiger partial charge in [-0.2, -0.15) is 5.10 Å². The van der Waals surface area contributed by atoms with Crippen LogP contribution >= 0.6 is 0 Å². The number of aromatic nitrogens is 3. The van der Waals surface area contributed by atoms with Crippen LogP contribution in [-0.2, 0) is 0 Å². The molecule has 4 nitrogen and oxygen atoms in total. The molecule has 98 valence electrons. The van der Waals surface area contributed by atoms with Gasteiger partial charge < -0.3 is 5.11 Å². The molecule has 2 aromatic heterocycles. The Labute approximate surface area is 116 Å². The molecule has 0 saturated carbocycles. The summed E-state index contributed by atoms with van der Waals surface area (Å²) in [4.78, 5) is 4.27. The summed E-state index contributed by atoms with van der Waals surface area (Å²) in [5.41, 5.74) is 3.59. The van der Waals surface area contributed by atoms with Gasteiger partial charge in [0.15, 0.2) is 0 Å². The fraction of sp³-hybridized carbons (Fsp3) is 0. The second kappa shape index (κ2) is 5.40. The summed E-state index contributed by atoms with van der Waals surface area (Å²) in [6.45, 7) is 0. The van der Waals surface area contributed by atoms with Crippen LogP contribution in [0.3, 0.4) is 0 Å². The van der Waals surface area contributed by atoms with Gasteiger partial charge in [0, 0.05) is 6.20 Å². The summed E-state index contributed by atoms with van der Waals surface area (Å²) in [5.74, 6) is 0.263. The van der Waals surface area contributed by atoms with Crippen LogP contribution < -0.4 is 0 Å². The second-order valence-electron chi connectivity index (χ2n) is 4.35. The zero-order chi connectivity index (χ0) is 13.8. The molecule has 0 amide bonds. The van der Waals surface area contributed by atoms with E-state index >= 15 is 0 Å². The molecule has 20 heavy (non-hydrogen) atoms. The molecule has 0 saturated heterocycles. The highest BCUT2D eigenvalue weighted by atomic mass is 16.3. The molecule has 0 unspecified atom stereocenters. The van der Waals surface area contributed by atoms with E-state index in [1.807, 2.05) is 48.6 Å². The molecule has 0 radical (unpaired) electrons. The molecule has 0 aliphatic carbocycles. The first kappa shape index (κ1) is 12.2. The third-order valence-electron chi connectivity index (χ3n) is 2.88. The van der Waals surface area contributed by atoms with Crippen LogP contribution in [0.4, 0.5) is 0 Å². The van der Waals surface area contributed by atoms with Crippen LogP contribution in [0.1, 0.15) is 11.3 Å². The van der Waals surface area contributed by atoms with Crippen molar-refractivity contribution in [3.63, 3.8) is 0 Å². The summed E-state index contributed by atoms with van der Waals surface area (Å²) < 4.78 is 0. The fourth-order valence-electron chi connectivity index (χ4n) is 1.84. The van der Waals surface area contributed by atoms with Crippen LogP contribution in [0, 0.1) is 0 Å². The molecular weight excluding hydrogens is 250 g/mol. The van der Waals surface area contributed by atoms with Crippen molar-refractivity contribution in [1.82, 2.24) is 15.2 Å². The summed E-state index contributed by atoms with van der Waals surface area (Å²) in [6, 6.07) is 14.7.